The monoisotopic (exact) mass is 435 g/mol. The van der Waals surface area contributed by atoms with Gasteiger partial charge in [-0.2, -0.15) is 0 Å². The van der Waals surface area contributed by atoms with E-state index in [1.54, 1.807) is 0 Å². The summed E-state index contributed by atoms with van der Waals surface area (Å²) in [4.78, 5) is 0. The third kappa shape index (κ3) is 2.61. The molecule has 0 fully saturated rings. The first kappa shape index (κ1) is 19.1. The first-order valence-electron chi connectivity index (χ1n) is 11.8. The van der Waals surface area contributed by atoms with Gasteiger partial charge in [0.05, 0.1) is 5.39 Å². The average Bonchev–Trinajstić information content (AvgIpc) is 3.27. The topological polar surface area (TPSA) is 13.1 Å². The second kappa shape index (κ2) is 7.33. The Morgan fingerprint density at radius 3 is 1.88 bits per heavy atom. The Morgan fingerprint density at radius 2 is 1.12 bits per heavy atom. The van der Waals surface area contributed by atoms with E-state index in [0.717, 1.165) is 22.2 Å². The minimum atomic E-state index is -1.66. The highest BCUT2D eigenvalue weighted by Gasteiger charge is 2.50. The molecule has 1 aliphatic rings. The van der Waals surface area contributed by atoms with Crippen LogP contribution in [0.15, 0.2) is 134 Å². The van der Waals surface area contributed by atoms with E-state index in [9.17, 15) is 0 Å². The van der Waals surface area contributed by atoms with Gasteiger partial charge < -0.3 is 9.13 Å². The molecule has 1 aliphatic heterocycles. The predicted octanol–water partition coefficient (Wildman–Crippen LogP) is 5.44. The molecule has 6 aromatic rings. The lowest BCUT2D eigenvalue weighted by molar-refractivity contribution is -0.515. The standard InChI is InChI=1S/C31H22BNO/c1-3-13-24(14-4-1)32(25-15-5-2-6-16-25)33-22-10-19-29-28(20-21-30(34-32)31(29)33)27-18-9-12-23-11-7-8-17-26(23)27/h1-22H. The molecule has 0 spiro atoms. The Morgan fingerprint density at radius 1 is 0.500 bits per heavy atom. The smallest absolute Gasteiger partial charge is 0.513 e. The van der Waals surface area contributed by atoms with Crippen molar-refractivity contribution in [3.8, 4) is 16.9 Å². The van der Waals surface area contributed by atoms with Gasteiger partial charge in [0.1, 0.15) is 11.9 Å². The van der Waals surface area contributed by atoms with Crippen LogP contribution >= 0.6 is 0 Å². The molecule has 2 nitrogen and oxygen atoms in total. The summed E-state index contributed by atoms with van der Waals surface area (Å²) in [5, 5.41) is 3.71. The maximum absolute atomic E-state index is 6.99. The fourth-order valence-corrected chi connectivity index (χ4v) is 5.74. The average molecular weight is 435 g/mol. The molecule has 0 atom stereocenters. The third-order valence-corrected chi connectivity index (χ3v) is 7.22. The number of aromatic nitrogens is 1. The zero-order chi connectivity index (χ0) is 22.5. The second-order valence-corrected chi connectivity index (χ2v) is 9.00. The van der Waals surface area contributed by atoms with Crippen molar-refractivity contribution >= 4 is 39.1 Å². The van der Waals surface area contributed by atoms with E-state index in [0.29, 0.717) is 0 Å². The van der Waals surface area contributed by atoms with Gasteiger partial charge in [0.25, 0.3) is 0 Å². The number of pyridine rings is 1. The molecule has 0 amide bonds. The zero-order valence-corrected chi connectivity index (χ0v) is 18.6. The predicted molar refractivity (Wildman–Crippen MR) is 141 cm³/mol. The maximum atomic E-state index is 6.99. The lowest BCUT2D eigenvalue weighted by Crippen LogP contribution is -2.80. The Labute approximate surface area is 198 Å². The number of hydrogen-bond acceptors (Lipinski definition) is 1. The molecule has 3 heteroatoms. The summed E-state index contributed by atoms with van der Waals surface area (Å²) in [5.74, 6) is 0.923. The largest absolute Gasteiger partial charge is 0.647 e. The van der Waals surface area contributed by atoms with Crippen molar-refractivity contribution in [2.24, 2.45) is 0 Å². The van der Waals surface area contributed by atoms with Crippen molar-refractivity contribution in [1.29, 1.82) is 0 Å². The van der Waals surface area contributed by atoms with Crippen LogP contribution in [0.3, 0.4) is 0 Å². The number of rotatable bonds is 3. The first-order valence-corrected chi connectivity index (χ1v) is 11.8. The molecular weight excluding hydrogens is 413 g/mol. The molecule has 34 heavy (non-hydrogen) atoms. The van der Waals surface area contributed by atoms with Crippen molar-refractivity contribution in [2.75, 3.05) is 0 Å². The molecular formula is C31H22BNO. The Hall–Kier alpha value is -4.37. The molecule has 0 radical (unpaired) electrons. The molecule has 5 aromatic carbocycles. The van der Waals surface area contributed by atoms with Gasteiger partial charge in [-0.25, -0.2) is 0 Å². The van der Waals surface area contributed by atoms with Crippen LogP contribution < -0.4 is 20.1 Å². The van der Waals surface area contributed by atoms with Gasteiger partial charge in [-0.15, -0.1) is 0 Å². The maximum Gasteiger partial charge on any atom is 0.513 e. The fraction of sp³-hybridized carbons (Fsp3) is 0. The minimum absolute atomic E-state index is 0.923. The van der Waals surface area contributed by atoms with Gasteiger partial charge >= 0.3 is 6.48 Å². The fourth-order valence-electron chi connectivity index (χ4n) is 5.74. The van der Waals surface area contributed by atoms with E-state index >= 15 is 0 Å². The second-order valence-electron chi connectivity index (χ2n) is 9.00. The quantitative estimate of drug-likeness (QED) is 0.337. The third-order valence-electron chi connectivity index (χ3n) is 7.22. The van der Waals surface area contributed by atoms with Crippen LogP contribution in [0.2, 0.25) is 0 Å². The lowest BCUT2D eigenvalue weighted by Gasteiger charge is -2.31. The van der Waals surface area contributed by atoms with Crippen molar-refractivity contribution < 1.29 is 9.13 Å². The summed E-state index contributed by atoms with van der Waals surface area (Å²) < 4.78 is 9.35. The Bertz CT molecular complexity index is 1630. The minimum Gasteiger partial charge on any atom is -0.647 e. The van der Waals surface area contributed by atoms with Crippen LogP contribution in [-0.4, -0.2) is 6.48 Å². The number of nitrogens with zero attached hydrogens (tertiary/aromatic N) is 1. The lowest BCUT2D eigenvalue weighted by atomic mass is 9.41. The van der Waals surface area contributed by atoms with Gasteiger partial charge in [-0.05, 0) is 46.2 Å². The molecule has 0 unspecified atom stereocenters. The van der Waals surface area contributed by atoms with Crippen molar-refractivity contribution in [2.45, 2.75) is 0 Å². The summed E-state index contributed by atoms with van der Waals surface area (Å²) in [6, 6.07) is 45.1. The van der Waals surface area contributed by atoms with Crippen molar-refractivity contribution in [3.05, 3.63) is 134 Å². The molecule has 160 valence electrons. The molecule has 2 heterocycles. The van der Waals surface area contributed by atoms with Crippen LogP contribution in [0.25, 0.3) is 32.8 Å². The summed E-state index contributed by atoms with van der Waals surface area (Å²) in [7, 11) is 0. The Kier molecular flexibility index (Phi) is 4.12. The molecule has 1 aromatic heterocycles. The first-order chi connectivity index (χ1) is 16.9. The summed E-state index contributed by atoms with van der Waals surface area (Å²) in [6.45, 7) is -1.66. The molecule has 0 saturated carbocycles. The SMILES string of the molecule is c1ccc([B-]2(c3ccccc3)Oc3ccc(-c4cccc5ccccc45)c4ccc[n+]2c34)cc1. The van der Waals surface area contributed by atoms with E-state index in [1.807, 2.05) is 0 Å². The van der Waals surface area contributed by atoms with Crippen molar-refractivity contribution in [3.63, 3.8) is 0 Å². The van der Waals surface area contributed by atoms with E-state index in [2.05, 4.69) is 138 Å². The Balaban J connectivity index is 1.56. The van der Waals surface area contributed by atoms with E-state index in [4.69, 9.17) is 4.65 Å². The van der Waals surface area contributed by atoms with Crippen LogP contribution in [0.1, 0.15) is 0 Å². The van der Waals surface area contributed by atoms with Gasteiger partial charge in [0, 0.05) is 0 Å². The van der Waals surface area contributed by atoms with E-state index in [-0.39, 0.29) is 0 Å². The highest BCUT2D eigenvalue weighted by molar-refractivity contribution is 6.92. The summed E-state index contributed by atoms with van der Waals surface area (Å²) >= 11 is 0. The van der Waals surface area contributed by atoms with Gasteiger partial charge in [0.15, 0.2) is 0 Å². The highest BCUT2D eigenvalue weighted by atomic mass is 16.5. The zero-order valence-electron chi connectivity index (χ0n) is 18.6. The van der Waals surface area contributed by atoms with Crippen LogP contribution in [0.5, 0.6) is 5.75 Å². The van der Waals surface area contributed by atoms with Gasteiger partial charge in [-0.1, -0.05) is 114 Å². The van der Waals surface area contributed by atoms with Gasteiger partial charge in [0.2, 0.25) is 5.52 Å². The van der Waals surface area contributed by atoms with E-state index < -0.39 is 6.48 Å². The molecule has 0 bridgehead atoms. The number of fused-ring (bicyclic) bond motifs is 1. The van der Waals surface area contributed by atoms with Crippen LogP contribution in [0.4, 0.5) is 0 Å². The van der Waals surface area contributed by atoms with Crippen LogP contribution in [0, 0.1) is 0 Å². The van der Waals surface area contributed by atoms with Crippen LogP contribution in [-0.2, 0) is 0 Å². The van der Waals surface area contributed by atoms with Gasteiger partial charge in [-0.3, -0.25) is 0 Å². The summed E-state index contributed by atoms with van der Waals surface area (Å²) in [5.41, 5.74) is 5.93. The highest BCUT2D eigenvalue weighted by Crippen LogP contribution is 2.39. The molecule has 0 aliphatic carbocycles. The summed E-state index contributed by atoms with van der Waals surface area (Å²) in [6.07, 6.45) is 2.17. The molecule has 0 saturated heterocycles. The van der Waals surface area contributed by atoms with E-state index in [1.165, 1.54) is 27.3 Å². The normalized spacial score (nSPS) is 13.8. The number of hydrogen-bond donors (Lipinski definition) is 0. The molecule has 0 N–H and O–H groups in total. The van der Waals surface area contributed by atoms with Crippen molar-refractivity contribution in [1.82, 2.24) is 0 Å². The number of benzene rings is 5. The molecule has 7 rings (SSSR count).